The predicted molar refractivity (Wildman–Crippen MR) is 82.6 cm³/mol. The highest BCUT2D eigenvalue weighted by Gasteiger charge is 2.17. The minimum Gasteiger partial charge on any atom is -0.497 e. The molecule has 106 valence electrons. The minimum atomic E-state index is 0.700. The summed E-state index contributed by atoms with van der Waals surface area (Å²) in [5.74, 6) is 1.55. The molecule has 3 nitrogen and oxygen atoms in total. The molecular formula is C16H19ClN2O. The van der Waals surface area contributed by atoms with E-state index >= 15 is 0 Å². The maximum Gasteiger partial charge on any atom is 0.119 e. The van der Waals surface area contributed by atoms with Crippen LogP contribution in [0.4, 0.5) is 0 Å². The molecule has 3 rings (SSSR count). The third kappa shape index (κ3) is 2.74. The molecule has 0 bridgehead atoms. The predicted octanol–water partition coefficient (Wildman–Crippen LogP) is 3.44. The van der Waals surface area contributed by atoms with E-state index in [1.54, 1.807) is 13.3 Å². The number of pyridine rings is 1. The number of hydrogen-bond acceptors (Lipinski definition) is 3. The van der Waals surface area contributed by atoms with Gasteiger partial charge in [-0.1, -0.05) is 11.6 Å². The first-order chi connectivity index (χ1) is 9.78. The van der Waals surface area contributed by atoms with Gasteiger partial charge in [-0.25, -0.2) is 0 Å². The van der Waals surface area contributed by atoms with Gasteiger partial charge in [-0.05, 0) is 62.0 Å². The van der Waals surface area contributed by atoms with Crippen LogP contribution in [0.25, 0.3) is 10.9 Å². The first kappa shape index (κ1) is 13.7. The van der Waals surface area contributed by atoms with Crippen LogP contribution in [0.2, 0.25) is 5.02 Å². The Morgan fingerprint density at radius 1 is 1.35 bits per heavy atom. The number of nitrogens with one attached hydrogen (secondary N) is 1. The van der Waals surface area contributed by atoms with Crippen LogP contribution >= 0.6 is 11.6 Å². The molecule has 0 radical (unpaired) electrons. The lowest BCUT2D eigenvalue weighted by molar-refractivity contribution is 0.373. The summed E-state index contributed by atoms with van der Waals surface area (Å²) in [7, 11) is 1.69. The van der Waals surface area contributed by atoms with Gasteiger partial charge in [0.05, 0.1) is 17.6 Å². The van der Waals surface area contributed by atoms with Crippen molar-refractivity contribution in [2.24, 2.45) is 5.92 Å². The zero-order valence-corrected chi connectivity index (χ0v) is 12.4. The molecule has 1 aliphatic heterocycles. The molecule has 0 spiro atoms. The Labute approximate surface area is 124 Å². The minimum absolute atomic E-state index is 0.700. The summed E-state index contributed by atoms with van der Waals surface area (Å²) in [4.78, 5) is 4.41. The number of aromatic nitrogens is 1. The van der Waals surface area contributed by atoms with Crippen LogP contribution in [0.3, 0.4) is 0 Å². The number of piperidine rings is 1. The molecule has 0 aliphatic carbocycles. The zero-order chi connectivity index (χ0) is 13.9. The van der Waals surface area contributed by atoms with Crippen molar-refractivity contribution in [3.63, 3.8) is 0 Å². The molecule has 1 N–H and O–H groups in total. The van der Waals surface area contributed by atoms with Crippen molar-refractivity contribution in [1.82, 2.24) is 10.3 Å². The van der Waals surface area contributed by atoms with Crippen molar-refractivity contribution in [2.45, 2.75) is 19.3 Å². The van der Waals surface area contributed by atoms with E-state index in [1.807, 2.05) is 18.2 Å². The first-order valence-corrected chi connectivity index (χ1v) is 7.47. The van der Waals surface area contributed by atoms with E-state index in [9.17, 15) is 0 Å². The Balaban J connectivity index is 2.00. The summed E-state index contributed by atoms with van der Waals surface area (Å²) >= 11 is 6.40. The van der Waals surface area contributed by atoms with Crippen molar-refractivity contribution in [3.8, 4) is 5.75 Å². The third-order valence-corrected chi connectivity index (χ3v) is 4.41. The van der Waals surface area contributed by atoms with E-state index in [1.165, 1.54) is 18.4 Å². The van der Waals surface area contributed by atoms with E-state index < -0.39 is 0 Å². The highest BCUT2D eigenvalue weighted by molar-refractivity contribution is 6.32. The van der Waals surface area contributed by atoms with Gasteiger partial charge in [0.15, 0.2) is 0 Å². The summed E-state index contributed by atoms with van der Waals surface area (Å²) in [6.07, 6.45) is 5.22. The average Bonchev–Trinajstić information content (AvgIpc) is 2.51. The van der Waals surface area contributed by atoms with Crippen LogP contribution in [0.15, 0.2) is 24.4 Å². The largest absolute Gasteiger partial charge is 0.497 e. The van der Waals surface area contributed by atoms with Gasteiger partial charge in [0.1, 0.15) is 5.75 Å². The van der Waals surface area contributed by atoms with E-state index in [2.05, 4.69) is 10.3 Å². The summed E-state index contributed by atoms with van der Waals surface area (Å²) in [6.45, 7) is 2.21. The lowest BCUT2D eigenvalue weighted by Crippen LogP contribution is -2.28. The molecule has 4 heteroatoms. The molecular weight excluding hydrogens is 272 g/mol. The van der Waals surface area contributed by atoms with Crippen molar-refractivity contribution in [2.75, 3.05) is 20.2 Å². The van der Waals surface area contributed by atoms with Crippen molar-refractivity contribution in [1.29, 1.82) is 0 Å². The Hall–Kier alpha value is -1.32. The lowest BCUT2D eigenvalue weighted by Gasteiger charge is -2.23. The lowest BCUT2D eigenvalue weighted by atomic mass is 9.89. The highest BCUT2D eigenvalue weighted by Crippen LogP contribution is 2.31. The Kier molecular flexibility index (Phi) is 4.08. The van der Waals surface area contributed by atoms with Gasteiger partial charge >= 0.3 is 0 Å². The standard InChI is InChI=1S/C16H19ClN2O/c1-20-12-2-3-16-14(9-12)13(15(17)10-19-16)8-11-4-6-18-7-5-11/h2-3,9-11,18H,4-8H2,1H3. The number of hydrogen-bond donors (Lipinski definition) is 1. The molecule has 1 aliphatic rings. The highest BCUT2D eigenvalue weighted by atomic mass is 35.5. The maximum atomic E-state index is 6.40. The van der Waals surface area contributed by atoms with Gasteiger partial charge in [0.25, 0.3) is 0 Å². The van der Waals surface area contributed by atoms with Crippen LogP contribution in [0, 0.1) is 5.92 Å². The molecule has 0 amide bonds. The quantitative estimate of drug-likeness (QED) is 0.940. The average molecular weight is 291 g/mol. The summed E-state index contributed by atoms with van der Waals surface area (Å²) in [5, 5.41) is 5.29. The number of rotatable bonds is 3. The molecule has 20 heavy (non-hydrogen) atoms. The number of ether oxygens (including phenoxy) is 1. The van der Waals surface area contributed by atoms with Crippen LogP contribution < -0.4 is 10.1 Å². The van der Waals surface area contributed by atoms with Crippen LogP contribution in [-0.2, 0) is 6.42 Å². The van der Waals surface area contributed by atoms with E-state index in [0.29, 0.717) is 5.92 Å². The van der Waals surface area contributed by atoms with Crippen LogP contribution in [0.1, 0.15) is 18.4 Å². The smallest absolute Gasteiger partial charge is 0.119 e. The molecule has 2 aromatic rings. The topological polar surface area (TPSA) is 34.1 Å². The third-order valence-electron chi connectivity index (χ3n) is 4.09. The number of halogens is 1. The molecule has 2 heterocycles. The first-order valence-electron chi connectivity index (χ1n) is 7.10. The maximum absolute atomic E-state index is 6.40. The van der Waals surface area contributed by atoms with E-state index in [0.717, 1.165) is 41.2 Å². The SMILES string of the molecule is COc1ccc2ncc(Cl)c(CC3CCNCC3)c2c1. The number of nitrogens with zero attached hydrogens (tertiary/aromatic N) is 1. The number of benzene rings is 1. The number of fused-ring (bicyclic) bond motifs is 1. The van der Waals surface area contributed by atoms with Gasteiger partial charge in [-0.3, -0.25) is 4.98 Å². The molecule has 0 atom stereocenters. The summed E-state index contributed by atoms with van der Waals surface area (Å²) < 4.78 is 5.33. The second-order valence-electron chi connectivity index (χ2n) is 5.37. The van der Waals surface area contributed by atoms with Crippen molar-refractivity contribution >= 4 is 22.5 Å². The van der Waals surface area contributed by atoms with E-state index in [-0.39, 0.29) is 0 Å². The fraction of sp³-hybridized carbons (Fsp3) is 0.438. The van der Waals surface area contributed by atoms with Crippen LogP contribution in [0.5, 0.6) is 5.75 Å². The molecule has 0 unspecified atom stereocenters. The molecule has 1 fully saturated rings. The normalized spacial score (nSPS) is 16.5. The monoisotopic (exact) mass is 290 g/mol. The Morgan fingerprint density at radius 2 is 2.15 bits per heavy atom. The second-order valence-corrected chi connectivity index (χ2v) is 5.77. The van der Waals surface area contributed by atoms with Gasteiger partial charge < -0.3 is 10.1 Å². The van der Waals surface area contributed by atoms with Crippen molar-refractivity contribution in [3.05, 3.63) is 35.0 Å². The van der Waals surface area contributed by atoms with Gasteiger partial charge in [-0.15, -0.1) is 0 Å². The van der Waals surface area contributed by atoms with Gasteiger partial charge in [0, 0.05) is 11.6 Å². The van der Waals surface area contributed by atoms with E-state index in [4.69, 9.17) is 16.3 Å². The number of methoxy groups -OCH3 is 1. The molecule has 1 aromatic heterocycles. The summed E-state index contributed by atoms with van der Waals surface area (Å²) in [5.41, 5.74) is 2.20. The molecule has 1 aromatic carbocycles. The second kappa shape index (κ2) is 5.98. The van der Waals surface area contributed by atoms with Gasteiger partial charge in [-0.2, -0.15) is 0 Å². The fourth-order valence-electron chi connectivity index (χ4n) is 2.91. The van der Waals surface area contributed by atoms with Crippen molar-refractivity contribution < 1.29 is 4.74 Å². The Morgan fingerprint density at radius 3 is 2.90 bits per heavy atom. The molecule has 1 saturated heterocycles. The fourth-order valence-corrected chi connectivity index (χ4v) is 3.14. The summed E-state index contributed by atoms with van der Waals surface area (Å²) in [6, 6.07) is 5.98. The van der Waals surface area contributed by atoms with Gasteiger partial charge in [0.2, 0.25) is 0 Å². The zero-order valence-electron chi connectivity index (χ0n) is 11.7. The molecule has 0 saturated carbocycles. The van der Waals surface area contributed by atoms with Crippen LogP contribution in [-0.4, -0.2) is 25.2 Å². The Bertz CT molecular complexity index is 609.